The van der Waals surface area contributed by atoms with E-state index in [1.807, 2.05) is 12.1 Å². The molecule has 0 heterocycles. The minimum absolute atomic E-state index is 0.515. The number of hydrogen-bond acceptors (Lipinski definition) is 1. The molecule has 2 aliphatic carbocycles. The van der Waals surface area contributed by atoms with Crippen molar-refractivity contribution >= 4 is 6.29 Å². The van der Waals surface area contributed by atoms with Crippen molar-refractivity contribution in [1.29, 1.82) is 0 Å². The number of rotatable bonds is 1. The van der Waals surface area contributed by atoms with E-state index in [0.29, 0.717) is 11.8 Å². The van der Waals surface area contributed by atoms with Crippen LogP contribution in [0, 0.1) is 0 Å². The van der Waals surface area contributed by atoms with Gasteiger partial charge in [0.1, 0.15) is 6.29 Å². The van der Waals surface area contributed by atoms with Gasteiger partial charge in [0.25, 0.3) is 0 Å². The summed E-state index contributed by atoms with van der Waals surface area (Å²) in [5.41, 5.74) is 3.54. The Kier molecular flexibility index (Phi) is 1.26. The average Bonchev–Trinajstić information content (AvgIpc) is 2.77. The maximum Gasteiger partial charge on any atom is 0.150 e. The molecule has 2 bridgehead atoms. The highest BCUT2D eigenvalue weighted by molar-refractivity contribution is 5.80. The lowest BCUT2D eigenvalue weighted by atomic mass is 9.93. The lowest BCUT2D eigenvalue weighted by Crippen LogP contribution is -1.97. The zero-order valence-electron chi connectivity index (χ0n) is 7.23. The first-order valence-corrected chi connectivity index (χ1v) is 4.66. The normalized spacial score (nSPS) is 27.7. The molecule has 0 fully saturated rings. The Hall–Kier alpha value is -1.37. The molecular formula is C12H10O. The molecule has 0 radical (unpaired) electrons. The van der Waals surface area contributed by atoms with Crippen molar-refractivity contribution in [3.8, 4) is 0 Å². The minimum Gasteiger partial charge on any atom is -0.298 e. The van der Waals surface area contributed by atoms with Gasteiger partial charge in [0.2, 0.25) is 0 Å². The Balaban J connectivity index is 2.28. The Morgan fingerprint density at radius 2 is 2.08 bits per heavy atom. The molecule has 0 saturated heterocycles. The number of carbonyl (C=O) groups is 1. The van der Waals surface area contributed by atoms with Gasteiger partial charge in [-0.1, -0.05) is 30.4 Å². The Morgan fingerprint density at radius 1 is 1.23 bits per heavy atom. The summed E-state index contributed by atoms with van der Waals surface area (Å²) >= 11 is 0. The summed E-state index contributed by atoms with van der Waals surface area (Å²) < 4.78 is 0. The standard InChI is InChI=1S/C12H10O/c13-7-10-2-1-3-11-8-4-5-9(6-8)12(10)11/h1-5,7-9H,6H2. The van der Waals surface area contributed by atoms with E-state index in [4.69, 9.17) is 0 Å². The van der Waals surface area contributed by atoms with Crippen molar-refractivity contribution in [2.45, 2.75) is 18.3 Å². The number of hydrogen-bond donors (Lipinski definition) is 0. The third-order valence-electron chi connectivity index (χ3n) is 3.15. The second kappa shape index (κ2) is 2.32. The summed E-state index contributed by atoms with van der Waals surface area (Å²) in [6, 6.07) is 6.05. The van der Waals surface area contributed by atoms with Crippen LogP contribution < -0.4 is 0 Å². The zero-order valence-corrected chi connectivity index (χ0v) is 7.23. The second-order valence-corrected chi connectivity index (χ2v) is 3.80. The summed E-state index contributed by atoms with van der Waals surface area (Å²) in [5, 5.41) is 0. The molecule has 64 valence electrons. The Morgan fingerprint density at radius 3 is 2.92 bits per heavy atom. The first-order chi connectivity index (χ1) is 6.40. The maximum atomic E-state index is 10.8. The van der Waals surface area contributed by atoms with Crippen LogP contribution in [0.25, 0.3) is 0 Å². The lowest BCUT2D eigenvalue weighted by Gasteiger charge is -2.11. The minimum atomic E-state index is 0.515. The fourth-order valence-electron chi connectivity index (χ4n) is 2.60. The average molecular weight is 170 g/mol. The molecule has 13 heavy (non-hydrogen) atoms. The number of fused-ring (bicyclic) bond motifs is 5. The first-order valence-electron chi connectivity index (χ1n) is 4.66. The molecule has 0 amide bonds. The summed E-state index contributed by atoms with van der Waals surface area (Å²) in [6.07, 6.45) is 6.66. The number of carbonyl (C=O) groups excluding carboxylic acids is 1. The third-order valence-corrected chi connectivity index (χ3v) is 3.15. The predicted molar refractivity (Wildman–Crippen MR) is 51.1 cm³/mol. The third kappa shape index (κ3) is 0.791. The fraction of sp³-hybridized carbons (Fsp3) is 0.250. The van der Waals surface area contributed by atoms with E-state index in [0.717, 1.165) is 11.8 Å². The van der Waals surface area contributed by atoms with Crippen molar-refractivity contribution in [2.75, 3.05) is 0 Å². The molecule has 2 unspecified atom stereocenters. The quantitative estimate of drug-likeness (QED) is 0.467. The van der Waals surface area contributed by atoms with Crippen LogP contribution in [0.3, 0.4) is 0 Å². The van der Waals surface area contributed by atoms with Crippen LogP contribution in [0.2, 0.25) is 0 Å². The zero-order chi connectivity index (χ0) is 8.84. The van der Waals surface area contributed by atoms with Gasteiger partial charge in [0.05, 0.1) is 0 Å². The molecule has 0 aliphatic heterocycles. The molecule has 1 heteroatoms. The molecule has 0 N–H and O–H groups in total. The summed E-state index contributed by atoms with van der Waals surface area (Å²) in [4.78, 5) is 10.8. The van der Waals surface area contributed by atoms with Gasteiger partial charge < -0.3 is 0 Å². The van der Waals surface area contributed by atoms with Crippen molar-refractivity contribution in [3.63, 3.8) is 0 Å². The Labute approximate surface area is 77.1 Å². The molecule has 1 aromatic rings. The maximum absolute atomic E-state index is 10.8. The molecular weight excluding hydrogens is 160 g/mol. The summed E-state index contributed by atoms with van der Waals surface area (Å²) in [7, 11) is 0. The van der Waals surface area contributed by atoms with Crippen LogP contribution >= 0.6 is 0 Å². The number of allylic oxidation sites excluding steroid dienone is 2. The fourth-order valence-corrected chi connectivity index (χ4v) is 2.60. The van der Waals surface area contributed by atoms with E-state index in [9.17, 15) is 4.79 Å². The predicted octanol–water partition coefficient (Wildman–Crippen LogP) is 2.64. The molecule has 2 atom stereocenters. The van der Waals surface area contributed by atoms with Gasteiger partial charge in [-0.2, -0.15) is 0 Å². The van der Waals surface area contributed by atoms with Crippen molar-refractivity contribution in [2.24, 2.45) is 0 Å². The summed E-state index contributed by atoms with van der Waals surface area (Å²) in [6.45, 7) is 0. The van der Waals surface area contributed by atoms with Crippen molar-refractivity contribution < 1.29 is 4.79 Å². The smallest absolute Gasteiger partial charge is 0.150 e. The van der Waals surface area contributed by atoms with E-state index < -0.39 is 0 Å². The highest BCUT2D eigenvalue weighted by atomic mass is 16.1. The van der Waals surface area contributed by atoms with Gasteiger partial charge in [-0.05, 0) is 17.5 Å². The molecule has 3 rings (SSSR count). The largest absolute Gasteiger partial charge is 0.298 e. The van der Waals surface area contributed by atoms with Gasteiger partial charge in [-0.3, -0.25) is 4.79 Å². The highest BCUT2D eigenvalue weighted by Gasteiger charge is 2.33. The molecule has 1 aromatic carbocycles. The monoisotopic (exact) mass is 170 g/mol. The Bertz CT molecular complexity index is 404. The topological polar surface area (TPSA) is 17.1 Å². The van der Waals surface area contributed by atoms with Crippen LogP contribution in [-0.4, -0.2) is 6.29 Å². The van der Waals surface area contributed by atoms with Crippen molar-refractivity contribution in [1.82, 2.24) is 0 Å². The van der Waals surface area contributed by atoms with Gasteiger partial charge in [-0.15, -0.1) is 0 Å². The number of benzene rings is 1. The molecule has 0 saturated carbocycles. The molecule has 2 aliphatic rings. The van der Waals surface area contributed by atoms with Gasteiger partial charge >= 0.3 is 0 Å². The van der Waals surface area contributed by atoms with E-state index in [2.05, 4.69) is 18.2 Å². The van der Waals surface area contributed by atoms with E-state index in [1.54, 1.807) is 0 Å². The van der Waals surface area contributed by atoms with Crippen LogP contribution in [0.15, 0.2) is 30.4 Å². The second-order valence-electron chi connectivity index (χ2n) is 3.80. The SMILES string of the molecule is O=Cc1cccc2c1C1C=CC2C1. The van der Waals surface area contributed by atoms with E-state index in [1.165, 1.54) is 17.5 Å². The first kappa shape index (κ1) is 7.07. The van der Waals surface area contributed by atoms with E-state index >= 15 is 0 Å². The molecule has 1 nitrogen and oxygen atoms in total. The van der Waals surface area contributed by atoms with Gasteiger partial charge in [-0.25, -0.2) is 0 Å². The lowest BCUT2D eigenvalue weighted by molar-refractivity contribution is 0.112. The van der Waals surface area contributed by atoms with E-state index in [-0.39, 0.29) is 0 Å². The van der Waals surface area contributed by atoms with Gasteiger partial charge in [0, 0.05) is 17.4 Å². The van der Waals surface area contributed by atoms with Crippen LogP contribution in [0.4, 0.5) is 0 Å². The van der Waals surface area contributed by atoms with Crippen LogP contribution in [-0.2, 0) is 0 Å². The highest BCUT2D eigenvalue weighted by Crippen LogP contribution is 2.49. The van der Waals surface area contributed by atoms with Crippen LogP contribution in [0.5, 0.6) is 0 Å². The molecule has 0 spiro atoms. The van der Waals surface area contributed by atoms with Crippen molar-refractivity contribution in [3.05, 3.63) is 47.0 Å². The van der Waals surface area contributed by atoms with Crippen LogP contribution in [0.1, 0.15) is 39.7 Å². The number of aldehydes is 1. The molecule has 0 aromatic heterocycles. The van der Waals surface area contributed by atoms with Gasteiger partial charge in [0.15, 0.2) is 0 Å². The summed E-state index contributed by atoms with van der Waals surface area (Å²) in [5.74, 6) is 1.10.